The van der Waals surface area contributed by atoms with Gasteiger partial charge in [-0.05, 0) is 12.8 Å². The minimum atomic E-state index is 0.0410. The third-order valence-electron chi connectivity index (χ3n) is 3.22. The number of unbranched alkanes of at least 4 members (excludes halogenated alkanes) is 2. The van der Waals surface area contributed by atoms with Crippen molar-refractivity contribution in [3.63, 3.8) is 0 Å². The Labute approximate surface area is 129 Å². The third-order valence-corrected chi connectivity index (χ3v) is 3.22. The average molecular weight is 306 g/mol. The molecule has 0 fully saturated rings. The summed E-state index contributed by atoms with van der Waals surface area (Å²) in [7, 11) is 0. The van der Waals surface area contributed by atoms with Crippen LogP contribution in [-0.2, 0) is 14.2 Å². The standard InChI is InChI=1S/C16H34O5/c1-3-5-7-15(13-19-11-9-17)21-16(8-6-4-2)14-20-12-10-18/h15-18H,3-14H2,1-2H3. The Balaban J connectivity index is 4.22. The van der Waals surface area contributed by atoms with Gasteiger partial charge in [-0.2, -0.15) is 0 Å². The van der Waals surface area contributed by atoms with Gasteiger partial charge in [-0.3, -0.25) is 0 Å². The Morgan fingerprint density at radius 2 is 1.19 bits per heavy atom. The van der Waals surface area contributed by atoms with Crippen molar-refractivity contribution in [1.82, 2.24) is 0 Å². The Morgan fingerprint density at radius 3 is 1.52 bits per heavy atom. The van der Waals surface area contributed by atoms with Crippen LogP contribution in [0.4, 0.5) is 0 Å². The average Bonchev–Trinajstić information content (AvgIpc) is 2.50. The first-order valence-corrected chi connectivity index (χ1v) is 8.31. The lowest BCUT2D eigenvalue weighted by Crippen LogP contribution is -2.30. The first-order chi connectivity index (χ1) is 10.3. The molecule has 128 valence electrons. The van der Waals surface area contributed by atoms with E-state index in [-0.39, 0.29) is 25.4 Å². The second-order valence-electron chi connectivity index (χ2n) is 5.26. The molecular formula is C16H34O5. The molecule has 2 N–H and O–H groups in total. The number of hydrogen-bond donors (Lipinski definition) is 2. The molecule has 0 aromatic rings. The second kappa shape index (κ2) is 16.2. The monoisotopic (exact) mass is 306 g/mol. The summed E-state index contributed by atoms with van der Waals surface area (Å²) >= 11 is 0. The third kappa shape index (κ3) is 13.2. The van der Waals surface area contributed by atoms with Gasteiger partial charge in [0, 0.05) is 0 Å². The number of hydrogen-bond acceptors (Lipinski definition) is 5. The summed E-state index contributed by atoms with van der Waals surface area (Å²) in [5, 5.41) is 17.6. The van der Waals surface area contributed by atoms with Crippen molar-refractivity contribution >= 4 is 0 Å². The fourth-order valence-electron chi connectivity index (χ4n) is 2.08. The van der Waals surface area contributed by atoms with Crippen LogP contribution in [0.25, 0.3) is 0 Å². The molecule has 0 aliphatic rings. The van der Waals surface area contributed by atoms with Crippen molar-refractivity contribution in [3.05, 3.63) is 0 Å². The molecule has 0 aromatic heterocycles. The maximum atomic E-state index is 8.79. The van der Waals surface area contributed by atoms with Gasteiger partial charge in [-0.15, -0.1) is 0 Å². The molecule has 21 heavy (non-hydrogen) atoms. The largest absolute Gasteiger partial charge is 0.394 e. The van der Waals surface area contributed by atoms with Crippen LogP contribution in [0.15, 0.2) is 0 Å². The summed E-state index contributed by atoms with van der Waals surface area (Å²) in [6, 6.07) is 0. The van der Waals surface area contributed by atoms with Crippen LogP contribution in [0.5, 0.6) is 0 Å². The SMILES string of the molecule is CCCCC(COCCO)OC(CCCC)COCCO. The lowest BCUT2D eigenvalue weighted by molar-refractivity contribution is -0.0952. The quantitative estimate of drug-likeness (QED) is 0.428. The molecular weight excluding hydrogens is 272 g/mol. The molecule has 5 heteroatoms. The molecule has 5 nitrogen and oxygen atoms in total. The van der Waals surface area contributed by atoms with Crippen LogP contribution >= 0.6 is 0 Å². The summed E-state index contributed by atoms with van der Waals surface area (Å²) in [6.45, 7) is 6.14. The number of ether oxygens (including phenoxy) is 3. The summed E-state index contributed by atoms with van der Waals surface area (Å²) in [5.74, 6) is 0. The van der Waals surface area contributed by atoms with E-state index in [9.17, 15) is 0 Å². The van der Waals surface area contributed by atoms with Crippen molar-refractivity contribution in [3.8, 4) is 0 Å². The van der Waals surface area contributed by atoms with Crippen LogP contribution in [0, 0.1) is 0 Å². The first kappa shape index (κ1) is 20.8. The highest BCUT2D eigenvalue weighted by Gasteiger charge is 2.17. The van der Waals surface area contributed by atoms with Crippen LogP contribution in [0.2, 0.25) is 0 Å². The highest BCUT2D eigenvalue weighted by molar-refractivity contribution is 4.64. The first-order valence-electron chi connectivity index (χ1n) is 8.31. The van der Waals surface area contributed by atoms with Crippen molar-refractivity contribution in [2.45, 2.75) is 64.6 Å². The zero-order valence-corrected chi connectivity index (χ0v) is 13.8. The van der Waals surface area contributed by atoms with Gasteiger partial charge < -0.3 is 24.4 Å². The molecule has 0 saturated carbocycles. The van der Waals surface area contributed by atoms with E-state index in [1.165, 1.54) is 0 Å². The topological polar surface area (TPSA) is 68.2 Å². The van der Waals surface area contributed by atoms with E-state index in [1.807, 2.05) is 0 Å². The van der Waals surface area contributed by atoms with E-state index >= 15 is 0 Å². The summed E-state index contributed by atoms with van der Waals surface area (Å²) in [4.78, 5) is 0. The lowest BCUT2D eigenvalue weighted by Gasteiger charge is -2.25. The summed E-state index contributed by atoms with van der Waals surface area (Å²) in [5.41, 5.74) is 0. The van der Waals surface area contributed by atoms with Gasteiger partial charge in [0.05, 0.1) is 51.8 Å². The number of rotatable bonds is 16. The Bertz CT molecular complexity index is 181. The molecule has 0 saturated heterocycles. The van der Waals surface area contributed by atoms with E-state index in [2.05, 4.69) is 13.8 Å². The predicted octanol–water partition coefficient (Wildman–Crippen LogP) is 2.14. The molecule has 0 spiro atoms. The molecule has 0 heterocycles. The molecule has 0 radical (unpaired) electrons. The van der Waals surface area contributed by atoms with Gasteiger partial charge in [-0.1, -0.05) is 39.5 Å². The molecule has 0 amide bonds. The van der Waals surface area contributed by atoms with Gasteiger partial charge in [0.1, 0.15) is 0 Å². The molecule has 0 rings (SSSR count). The summed E-state index contributed by atoms with van der Waals surface area (Å²) < 4.78 is 17.0. The Hall–Kier alpha value is -0.200. The van der Waals surface area contributed by atoms with Gasteiger partial charge >= 0.3 is 0 Å². The molecule has 2 atom stereocenters. The van der Waals surface area contributed by atoms with Crippen molar-refractivity contribution in [1.29, 1.82) is 0 Å². The van der Waals surface area contributed by atoms with Crippen molar-refractivity contribution < 1.29 is 24.4 Å². The highest BCUT2D eigenvalue weighted by Crippen LogP contribution is 2.13. The number of aliphatic hydroxyl groups is 2. The van der Waals surface area contributed by atoms with E-state index < -0.39 is 0 Å². The minimum Gasteiger partial charge on any atom is -0.394 e. The fraction of sp³-hybridized carbons (Fsp3) is 1.00. The van der Waals surface area contributed by atoms with E-state index in [0.29, 0.717) is 26.4 Å². The second-order valence-corrected chi connectivity index (χ2v) is 5.26. The normalized spacial score (nSPS) is 14.3. The van der Waals surface area contributed by atoms with Crippen LogP contribution in [0.3, 0.4) is 0 Å². The fourth-order valence-corrected chi connectivity index (χ4v) is 2.08. The van der Waals surface area contributed by atoms with Crippen LogP contribution in [0.1, 0.15) is 52.4 Å². The highest BCUT2D eigenvalue weighted by atomic mass is 16.6. The minimum absolute atomic E-state index is 0.0410. The summed E-state index contributed by atoms with van der Waals surface area (Å²) in [6.07, 6.45) is 6.49. The molecule has 0 bridgehead atoms. The predicted molar refractivity (Wildman–Crippen MR) is 83.5 cm³/mol. The lowest BCUT2D eigenvalue weighted by atomic mass is 10.1. The molecule has 0 aliphatic carbocycles. The maximum Gasteiger partial charge on any atom is 0.0813 e. The van der Waals surface area contributed by atoms with Crippen LogP contribution in [-0.4, -0.2) is 62.1 Å². The van der Waals surface area contributed by atoms with E-state index in [4.69, 9.17) is 24.4 Å². The van der Waals surface area contributed by atoms with Crippen molar-refractivity contribution in [2.24, 2.45) is 0 Å². The van der Waals surface area contributed by atoms with Crippen molar-refractivity contribution in [2.75, 3.05) is 39.6 Å². The van der Waals surface area contributed by atoms with Gasteiger partial charge in [0.15, 0.2) is 0 Å². The van der Waals surface area contributed by atoms with Gasteiger partial charge in [-0.25, -0.2) is 0 Å². The molecule has 0 aliphatic heterocycles. The molecule has 0 aromatic carbocycles. The zero-order valence-electron chi connectivity index (χ0n) is 13.8. The van der Waals surface area contributed by atoms with Gasteiger partial charge in [0.2, 0.25) is 0 Å². The number of aliphatic hydroxyl groups excluding tert-OH is 2. The smallest absolute Gasteiger partial charge is 0.0813 e. The Morgan fingerprint density at radius 1 is 0.762 bits per heavy atom. The van der Waals surface area contributed by atoms with Crippen LogP contribution < -0.4 is 0 Å². The maximum absolute atomic E-state index is 8.79. The zero-order chi connectivity index (χ0) is 15.8. The van der Waals surface area contributed by atoms with Gasteiger partial charge in [0.25, 0.3) is 0 Å². The van der Waals surface area contributed by atoms with E-state index in [0.717, 1.165) is 38.5 Å². The van der Waals surface area contributed by atoms with E-state index in [1.54, 1.807) is 0 Å². The molecule has 2 unspecified atom stereocenters. The Kier molecular flexibility index (Phi) is 16.0.